The summed E-state index contributed by atoms with van der Waals surface area (Å²) in [5.41, 5.74) is 0.903. The number of imide groups is 1. The molecule has 0 bridgehead atoms. The number of methoxy groups -OCH3 is 1. The zero-order chi connectivity index (χ0) is 26.0. The molecule has 2 N–H and O–H groups in total. The van der Waals surface area contributed by atoms with Gasteiger partial charge in [0.2, 0.25) is 5.91 Å². The van der Waals surface area contributed by atoms with E-state index < -0.39 is 36.5 Å². The lowest BCUT2D eigenvalue weighted by Crippen LogP contribution is -2.43. The number of ether oxygens (including phenoxy) is 2. The van der Waals surface area contributed by atoms with Gasteiger partial charge in [0.25, 0.3) is 5.91 Å². The lowest BCUT2D eigenvalue weighted by molar-refractivity contribution is -0.134. The van der Waals surface area contributed by atoms with Crippen LogP contribution in [0.1, 0.15) is 44.4 Å². The molecular weight excluding hydrogens is 460 g/mol. The Morgan fingerprint density at radius 2 is 1.77 bits per heavy atom. The van der Waals surface area contributed by atoms with Crippen molar-refractivity contribution in [2.45, 2.75) is 51.8 Å². The van der Waals surface area contributed by atoms with Crippen LogP contribution in [0, 0.1) is 0 Å². The van der Waals surface area contributed by atoms with E-state index in [0.717, 1.165) is 10.5 Å². The Morgan fingerprint density at radius 1 is 1.11 bits per heavy atom. The Hall–Kier alpha value is -3.69. The molecule has 4 amide bonds. The molecule has 188 valence electrons. The summed E-state index contributed by atoms with van der Waals surface area (Å²) in [6.07, 6.45) is 0. The first-order valence-electron chi connectivity index (χ1n) is 11.0. The smallest absolute Gasteiger partial charge is 0.387 e. The number of urea groups is 1. The highest BCUT2D eigenvalue weighted by Crippen LogP contribution is 2.31. The minimum Gasteiger partial charge on any atom is -0.493 e. The summed E-state index contributed by atoms with van der Waals surface area (Å²) >= 11 is 0. The average Bonchev–Trinajstić information content (AvgIpc) is 3.01. The van der Waals surface area contributed by atoms with Gasteiger partial charge < -0.3 is 20.1 Å². The zero-order valence-corrected chi connectivity index (χ0v) is 20.3. The number of alkyl halides is 2. The molecular formula is C25H29F2N3O5. The Bertz CT molecular complexity index is 1120. The number of hydrogen-bond acceptors (Lipinski definition) is 5. The third-order valence-electron chi connectivity index (χ3n) is 5.84. The number of nitrogens with zero attached hydrogens (tertiary/aromatic N) is 1. The van der Waals surface area contributed by atoms with Crippen LogP contribution in [-0.2, 0) is 27.1 Å². The Morgan fingerprint density at radius 3 is 2.34 bits per heavy atom. The quantitative estimate of drug-likeness (QED) is 0.552. The van der Waals surface area contributed by atoms with Crippen molar-refractivity contribution >= 4 is 17.8 Å². The van der Waals surface area contributed by atoms with Crippen molar-refractivity contribution in [2.75, 3.05) is 13.7 Å². The molecule has 0 saturated carbocycles. The van der Waals surface area contributed by atoms with E-state index in [0.29, 0.717) is 11.1 Å². The maximum atomic E-state index is 13.1. The van der Waals surface area contributed by atoms with Crippen LogP contribution in [0.5, 0.6) is 11.5 Å². The number of rotatable bonds is 8. The van der Waals surface area contributed by atoms with E-state index in [1.54, 1.807) is 19.1 Å². The largest absolute Gasteiger partial charge is 0.493 e. The maximum absolute atomic E-state index is 13.1. The molecule has 0 aliphatic carbocycles. The van der Waals surface area contributed by atoms with Crippen molar-refractivity contribution in [1.82, 2.24) is 15.5 Å². The van der Waals surface area contributed by atoms with Crippen molar-refractivity contribution in [2.24, 2.45) is 0 Å². The van der Waals surface area contributed by atoms with Gasteiger partial charge in [-0.15, -0.1) is 0 Å². The fraction of sp³-hybridized carbons (Fsp3) is 0.400. The first-order chi connectivity index (χ1) is 16.3. The molecule has 3 rings (SSSR count). The molecule has 0 radical (unpaired) electrons. The van der Waals surface area contributed by atoms with E-state index >= 15 is 0 Å². The molecule has 1 fully saturated rings. The second-order valence-corrected chi connectivity index (χ2v) is 9.41. The van der Waals surface area contributed by atoms with Crippen LogP contribution in [0.15, 0.2) is 42.5 Å². The fourth-order valence-corrected chi connectivity index (χ4v) is 3.76. The number of nitrogens with one attached hydrogen (secondary N) is 2. The minimum atomic E-state index is -3.00. The number of hydrogen-bond donors (Lipinski definition) is 2. The second-order valence-electron chi connectivity index (χ2n) is 9.41. The Balaban J connectivity index is 1.65. The summed E-state index contributed by atoms with van der Waals surface area (Å²) in [5.74, 6) is -1.14. The molecule has 8 nitrogen and oxygen atoms in total. The van der Waals surface area contributed by atoms with E-state index in [4.69, 9.17) is 4.74 Å². The normalized spacial score (nSPS) is 18.0. The summed E-state index contributed by atoms with van der Waals surface area (Å²) in [6.45, 7) is 4.40. The van der Waals surface area contributed by atoms with Crippen LogP contribution < -0.4 is 20.1 Å². The van der Waals surface area contributed by atoms with E-state index in [1.165, 1.54) is 25.3 Å². The lowest BCUT2D eigenvalue weighted by atomic mass is 9.84. The highest BCUT2D eigenvalue weighted by atomic mass is 19.3. The first-order valence-corrected chi connectivity index (χ1v) is 11.0. The monoisotopic (exact) mass is 489 g/mol. The molecule has 1 heterocycles. The first kappa shape index (κ1) is 25.9. The maximum Gasteiger partial charge on any atom is 0.387 e. The van der Waals surface area contributed by atoms with Gasteiger partial charge in [0.15, 0.2) is 11.5 Å². The zero-order valence-electron chi connectivity index (χ0n) is 20.3. The van der Waals surface area contributed by atoms with Crippen molar-refractivity contribution in [3.63, 3.8) is 0 Å². The highest BCUT2D eigenvalue weighted by Gasteiger charge is 2.49. The number of carbonyl (C=O) groups is 3. The second kappa shape index (κ2) is 9.89. The standard InChI is InChI=1S/C25H29F2N3O5/c1-24(2,3)16-7-9-17(10-8-16)25(4)21(32)30(23(33)29-25)14-20(31)28-13-15-6-11-18(35-22(26)27)19(12-15)34-5/h6-12,22H,13-14H2,1-5H3,(H,28,31)(H,29,33). The molecule has 0 aromatic heterocycles. The van der Waals surface area contributed by atoms with Crippen molar-refractivity contribution in [1.29, 1.82) is 0 Å². The molecule has 0 spiro atoms. The van der Waals surface area contributed by atoms with Gasteiger partial charge in [0.05, 0.1) is 7.11 Å². The SMILES string of the molecule is COc1cc(CNC(=O)CN2C(=O)NC(C)(c3ccc(C(C)(C)C)cc3)C2=O)ccc1OC(F)F. The van der Waals surface area contributed by atoms with E-state index in [2.05, 4.69) is 36.1 Å². The summed E-state index contributed by atoms with van der Waals surface area (Å²) in [4.78, 5) is 39.0. The van der Waals surface area contributed by atoms with Crippen LogP contribution in [0.3, 0.4) is 0 Å². The van der Waals surface area contributed by atoms with Gasteiger partial charge in [-0.1, -0.05) is 51.1 Å². The van der Waals surface area contributed by atoms with Crippen LogP contribution in [0.25, 0.3) is 0 Å². The van der Waals surface area contributed by atoms with Crippen molar-refractivity contribution in [3.8, 4) is 11.5 Å². The molecule has 35 heavy (non-hydrogen) atoms. The molecule has 1 aliphatic rings. The highest BCUT2D eigenvalue weighted by molar-refractivity contribution is 6.09. The number of benzene rings is 2. The van der Waals surface area contributed by atoms with Gasteiger partial charge >= 0.3 is 12.6 Å². The fourth-order valence-electron chi connectivity index (χ4n) is 3.76. The molecule has 1 saturated heterocycles. The molecule has 10 heteroatoms. The molecule has 2 aromatic rings. The topological polar surface area (TPSA) is 97.0 Å². The summed E-state index contributed by atoms with van der Waals surface area (Å²) < 4.78 is 34.4. The average molecular weight is 490 g/mol. The summed E-state index contributed by atoms with van der Waals surface area (Å²) in [7, 11) is 1.31. The van der Waals surface area contributed by atoms with E-state index in [9.17, 15) is 23.2 Å². The Kier molecular flexibility index (Phi) is 7.33. The number of carbonyl (C=O) groups excluding carboxylic acids is 3. The van der Waals surface area contributed by atoms with Crippen LogP contribution in [0.2, 0.25) is 0 Å². The Labute approximate surface area is 202 Å². The van der Waals surface area contributed by atoms with Crippen LogP contribution >= 0.6 is 0 Å². The van der Waals surface area contributed by atoms with Gasteiger partial charge in [0.1, 0.15) is 12.1 Å². The van der Waals surface area contributed by atoms with Crippen molar-refractivity contribution < 1.29 is 32.6 Å². The third kappa shape index (κ3) is 5.70. The lowest BCUT2D eigenvalue weighted by Gasteiger charge is -2.24. The van der Waals surface area contributed by atoms with E-state index in [1.807, 2.05) is 12.1 Å². The minimum absolute atomic E-state index is 0.0271. The van der Waals surface area contributed by atoms with Crippen molar-refractivity contribution in [3.05, 3.63) is 59.2 Å². The molecule has 1 unspecified atom stereocenters. The molecule has 1 aliphatic heterocycles. The number of halogens is 2. The summed E-state index contributed by atoms with van der Waals surface area (Å²) in [5, 5.41) is 5.30. The van der Waals surface area contributed by atoms with Gasteiger partial charge in [-0.2, -0.15) is 8.78 Å². The van der Waals surface area contributed by atoms with Crippen LogP contribution in [-0.4, -0.2) is 43.0 Å². The third-order valence-corrected chi connectivity index (χ3v) is 5.84. The van der Waals surface area contributed by atoms with Gasteiger partial charge in [0, 0.05) is 6.54 Å². The van der Waals surface area contributed by atoms with Crippen LogP contribution in [0.4, 0.5) is 13.6 Å². The van der Waals surface area contributed by atoms with Gasteiger partial charge in [-0.3, -0.25) is 14.5 Å². The predicted molar refractivity (Wildman–Crippen MR) is 124 cm³/mol. The molecule has 2 aromatic carbocycles. The summed E-state index contributed by atoms with van der Waals surface area (Å²) in [6, 6.07) is 11.0. The molecule has 1 atom stereocenters. The van der Waals surface area contributed by atoms with E-state index in [-0.39, 0.29) is 23.5 Å². The number of amides is 4. The van der Waals surface area contributed by atoms with Gasteiger partial charge in [-0.05, 0) is 41.2 Å². The predicted octanol–water partition coefficient (Wildman–Crippen LogP) is 3.68. The van der Waals surface area contributed by atoms with Gasteiger partial charge in [-0.25, -0.2) is 4.79 Å².